The summed E-state index contributed by atoms with van der Waals surface area (Å²) >= 11 is 3.70. The summed E-state index contributed by atoms with van der Waals surface area (Å²) in [6.45, 7) is 0. The third-order valence-electron chi connectivity index (χ3n) is 9.73. The lowest BCUT2D eigenvalue weighted by molar-refractivity contribution is 1.25. The average Bonchev–Trinajstić information content (AvgIpc) is 3.80. The lowest BCUT2D eigenvalue weighted by Gasteiger charge is -2.11. The molecule has 0 aliphatic carbocycles. The molecule has 7 aromatic carbocycles. The number of fused-ring (bicyclic) bond motifs is 12. The molecule has 0 N–H and O–H groups in total. The Bertz CT molecular complexity index is 3070. The molecule has 0 amide bonds. The van der Waals surface area contributed by atoms with Gasteiger partial charge in [0.05, 0.1) is 21.4 Å². The molecular formula is C43H24N2S2. The second-order valence-electron chi connectivity index (χ2n) is 12.4. The van der Waals surface area contributed by atoms with Crippen LogP contribution in [0.5, 0.6) is 0 Å². The van der Waals surface area contributed by atoms with Crippen molar-refractivity contribution in [2.45, 2.75) is 0 Å². The van der Waals surface area contributed by atoms with E-state index in [1.165, 1.54) is 78.6 Å². The van der Waals surface area contributed by atoms with E-state index in [9.17, 15) is 0 Å². The largest absolute Gasteiger partial charge is 0.291 e. The first kappa shape index (κ1) is 25.6. The van der Waals surface area contributed by atoms with Gasteiger partial charge < -0.3 is 0 Å². The zero-order valence-electron chi connectivity index (χ0n) is 25.1. The zero-order valence-corrected chi connectivity index (χ0v) is 26.7. The summed E-state index contributed by atoms with van der Waals surface area (Å²) in [5.41, 5.74) is 7.97. The van der Waals surface area contributed by atoms with E-state index in [2.05, 4.69) is 150 Å². The second kappa shape index (κ2) is 9.49. The van der Waals surface area contributed by atoms with Gasteiger partial charge in [0.2, 0.25) is 0 Å². The summed E-state index contributed by atoms with van der Waals surface area (Å²) < 4.78 is 7.58. The maximum atomic E-state index is 5.34. The molecule has 2 nitrogen and oxygen atoms in total. The van der Waals surface area contributed by atoms with Crippen molar-refractivity contribution in [2.24, 2.45) is 0 Å². The van der Waals surface area contributed by atoms with Gasteiger partial charge in [-0.15, -0.1) is 22.7 Å². The number of imidazole rings is 1. The number of rotatable bonds is 2. The van der Waals surface area contributed by atoms with Gasteiger partial charge in [0.15, 0.2) is 5.65 Å². The molecular weight excluding hydrogens is 609 g/mol. The van der Waals surface area contributed by atoms with Crippen LogP contribution < -0.4 is 0 Å². The predicted molar refractivity (Wildman–Crippen MR) is 204 cm³/mol. The second-order valence-corrected chi connectivity index (χ2v) is 14.6. The number of pyridine rings is 1. The van der Waals surface area contributed by atoms with Gasteiger partial charge in [-0.2, -0.15) is 0 Å². The summed E-state index contributed by atoms with van der Waals surface area (Å²) in [6, 6.07) is 53.6. The maximum absolute atomic E-state index is 5.34. The topological polar surface area (TPSA) is 17.3 Å². The molecule has 0 fully saturated rings. The quantitative estimate of drug-likeness (QED) is 0.173. The fourth-order valence-corrected chi connectivity index (χ4v) is 9.69. The van der Waals surface area contributed by atoms with E-state index in [4.69, 9.17) is 4.98 Å². The van der Waals surface area contributed by atoms with Gasteiger partial charge in [-0.3, -0.25) is 4.40 Å². The van der Waals surface area contributed by atoms with Gasteiger partial charge in [0.25, 0.3) is 0 Å². The molecule has 0 radical (unpaired) electrons. The van der Waals surface area contributed by atoms with Gasteiger partial charge >= 0.3 is 0 Å². The van der Waals surface area contributed by atoms with E-state index >= 15 is 0 Å². The molecule has 0 atom stereocenters. The number of aromatic nitrogens is 2. The highest BCUT2D eigenvalue weighted by molar-refractivity contribution is 7.26. The number of thiophene rings is 2. The molecule has 4 heterocycles. The molecule has 0 unspecified atom stereocenters. The van der Waals surface area contributed by atoms with Gasteiger partial charge in [0, 0.05) is 35.6 Å². The number of hydrogen-bond acceptors (Lipinski definition) is 3. The van der Waals surface area contributed by atoms with Crippen LogP contribution >= 0.6 is 22.7 Å². The van der Waals surface area contributed by atoms with Crippen LogP contribution in [0.25, 0.3) is 101 Å². The Morgan fingerprint density at radius 1 is 0.426 bits per heavy atom. The van der Waals surface area contributed by atoms with Gasteiger partial charge in [-0.05, 0) is 92.8 Å². The highest BCUT2D eigenvalue weighted by Crippen LogP contribution is 2.42. The molecule has 0 aliphatic heterocycles. The van der Waals surface area contributed by atoms with Crippen molar-refractivity contribution in [1.82, 2.24) is 9.38 Å². The van der Waals surface area contributed by atoms with Crippen molar-refractivity contribution < 1.29 is 0 Å². The molecule has 4 heteroatoms. The summed E-state index contributed by atoms with van der Waals surface area (Å²) in [4.78, 5) is 5.34. The number of nitrogens with zero attached hydrogens (tertiary/aromatic N) is 2. The Morgan fingerprint density at radius 3 is 1.83 bits per heavy atom. The van der Waals surface area contributed by atoms with E-state index < -0.39 is 0 Å². The summed E-state index contributed by atoms with van der Waals surface area (Å²) in [5, 5.41) is 10.2. The van der Waals surface area contributed by atoms with Gasteiger partial charge in [-0.25, -0.2) is 4.98 Å². The standard InChI is InChI=1S/C43H24N2S2/c1-2-8-28-20-31-23-38-36(22-30(31)19-27(28)7-1)44-43-42-35(33-10-4-6-12-40(33)47-42)24-37(45(38)43)26-15-13-25(14-16-26)29-17-18-41-34(21-29)32-9-3-5-11-39(32)46-41/h1-24H. The molecule has 0 aliphatic rings. The highest BCUT2D eigenvalue weighted by Gasteiger charge is 2.18. The summed E-state index contributed by atoms with van der Waals surface area (Å²) in [7, 11) is 0. The summed E-state index contributed by atoms with van der Waals surface area (Å²) in [6.07, 6.45) is 0. The lowest BCUT2D eigenvalue weighted by Crippen LogP contribution is -1.93. The minimum Gasteiger partial charge on any atom is -0.291 e. The molecule has 0 saturated carbocycles. The molecule has 0 saturated heterocycles. The molecule has 11 rings (SSSR count). The maximum Gasteiger partial charge on any atom is 0.156 e. The van der Waals surface area contributed by atoms with Crippen LogP contribution in [0.4, 0.5) is 0 Å². The van der Waals surface area contributed by atoms with Crippen molar-refractivity contribution in [3.05, 3.63) is 146 Å². The van der Waals surface area contributed by atoms with Gasteiger partial charge in [0.1, 0.15) is 0 Å². The minimum atomic E-state index is 1.02. The van der Waals surface area contributed by atoms with E-state index in [0.29, 0.717) is 0 Å². The average molecular weight is 633 g/mol. The van der Waals surface area contributed by atoms with Crippen molar-refractivity contribution in [3.63, 3.8) is 0 Å². The van der Waals surface area contributed by atoms with Crippen molar-refractivity contribution in [3.8, 4) is 22.4 Å². The molecule has 47 heavy (non-hydrogen) atoms. The zero-order chi connectivity index (χ0) is 30.6. The van der Waals surface area contributed by atoms with E-state index in [-0.39, 0.29) is 0 Å². The van der Waals surface area contributed by atoms with E-state index in [0.717, 1.165) is 22.4 Å². The molecule has 11 aromatic rings. The van der Waals surface area contributed by atoms with E-state index in [1.807, 2.05) is 22.7 Å². The Hall–Kier alpha value is -5.55. The van der Waals surface area contributed by atoms with Crippen molar-refractivity contribution >= 4 is 101 Å². The molecule has 0 spiro atoms. The number of benzene rings is 7. The van der Waals surface area contributed by atoms with Crippen LogP contribution in [0.3, 0.4) is 0 Å². The Morgan fingerprint density at radius 2 is 1.04 bits per heavy atom. The third kappa shape index (κ3) is 3.74. The Kier molecular flexibility index (Phi) is 5.17. The van der Waals surface area contributed by atoms with Crippen LogP contribution in [0.15, 0.2) is 146 Å². The fraction of sp³-hybridized carbons (Fsp3) is 0. The van der Waals surface area contributed by atoms with Crippen molar-refractivity contribution in [2.75, 3.05) is 0 Å². The van der Waals surface area contributed by atoms with Crippen LogP contribution in [-0.4, -0.2) is 9.38 Å². The van der Waals surface area contributed by atoms with Crippen LogP contribution in [0.2, 0.25) is 0 Å². The first-order valence-corrected chi connectivity index (χ1v) is 17.5. The SMILES string of the molecule is c1ccc2cc3cc4c(cc3cc2c1)nc1c2sc3ccccc3c2cc(-c2ccc(-c3ccc5sc6ccccc6c5c3)cc2)n41. The van der Waals surface area contributed by atoms with Crippen molar-refractivity contribution in [1.29, 1.82) is 0 Å². The minimum absolute atomic E-state index is 1.02. The molecule has 218 valence electrons. The summed E-state index contributed by atoms with van der Waals surface area (Å²) in [5.74, 6) is 0. The monoisotopic (exact) mass is 632 g/mol. The smallest absolute Gasteiger partial charge is 0.156 e. The van der Waals surface area contributed by atoms with Crippen LogP contribution in [-0.2, 0) is 0 Å². The van der Waals surface area contributed by atoms with E-state index in [1.54, 1.807) is 0 Å². The fourth-order valence-electron chi connectivity index (χ4n) is 7.44. The lowest BCUT2D eigenvalue weighted by atomic mass is 10.00. The Labute approximate surface area is 277 Å². The predicted octanol–water partition coefficient (Wildman–Crippen LogP) is 12.9. The third-order valence-corrected chi connectivity index (χ3v) is 12.1. The number of hydrogen-bond donors (Lipinski definition) is 0. The Balaban J connectivity index is 1.15. The van der Waals surface area contributed by atoms with Gasteiger partial charge in [-0.1, -0.05) is 91.0 Å². The van der Waals surface area contributed by atoms with Crippen LogP contribution in [0, 0.1) is 0 Å². The first-order chi connectivity index (χ1) is 23.2. The normalized spacial score (nSPS) is 12.3. The van der Waals surface area contributed by atoms with Crippen LogP contribution in [0.1, 0.15) is 0 Å². The first-order valence-electron chi connectivity index (χ1n) is 15.9. The molecule has 4 aromatic heterocycles. The highest BCUT2D eigenvalue weighted by atomic mass is 32.1. The molecule has 0 bridgehead atoms.